The Morgan fingerprint density at radius 2 is 1.55 bits per heavy atom. The van der Waals surface area contributed by atoms with Gasteiger partial charge in [-0.2, -0.15) is 0 Å². The summed E-state index contributed by atoms with van der Waals surface area (Å²) < 4.78 is 0. The zero-order valence-electron chi connectivity index (χ0n) is 13.0. The van der Waals surface area contributed by atoms with Crippen molar-refractivity contribution >= 4 is 11.3 Å². The third-order valence-corrected chi connectivity index (χ3v) is 3.88. The van der Waals surface area contributed by atoms with Crippen LogP contribution < -0.4 is 0 Å². The van der Waals surface area contributed by atoms with Crippen LogP contribution in [-0.4, -0.2) is 15.7 Å². The van der Waals surface area contributed by atoms with Crippen LogP contribution in [-0.2, 0) is 0 Å². The summed E-state index contributed by atoms with van der Waals surface area (Å²) in [5.41, 5.74) is 6.40. The maximum absolute atomic E-state index is 4.83. The van der Waals surface area contributed by atoms with E-state index in [1.807, 2.05) is 48.8 Å². The lowest BCUT2D eigenvalue weighted by molar-refractivity contribution is 1.05. The molecule has 2 aromatic heterocycles. The first kappa shape index (κ1) is 14.4. The molecule has 2 aromatic rings. The van der Waals surface area contributed by atoms with Gasteiger partial charge < -0.3 is 0 Å². The largest absolute Gasteiger partial charge is 0.256 e. The van der Waals surface area contributed by atoms with Crippen molar-refractivity contribution in [1.29, 1.82) is 0 Å². The van der Waals surface area contributed by atoms with Gasteiger partial charge in [0.15, 0.2) is 0 Å². The number of allylic oxidation sites excluding steroid dienone is 4. The normalized spacial score (nSPS) is 18.1. The van der Waals surface area contributed by atoms with Crippen LogP contribution in [0.2, 0.25) is 0 Å². The molecule has 0 fully saturated rings. The molecule has 0 unspecified atom stereocenters. The standard InChI is InChI=1S/C19H19N3/c1-14-15(2)22-19(18-10-4-6-13-21-18)11-7-8-16(14)17-9-3-5-12-20-17/h3-6,8-10,12-13H,7,11H2,1-2H3/b15-14?,16-8+,22-19?. The Labute approximate surface area is 131 Å². The molecule has 0 bridgehead atoms. The lowest BCUT2D eigenvalue weighted by Gasteiger charge is -2.14. The van der Waals surface area contributed by atoms with Crippen LogP contribution in [0.4, 0.5) is 0 Å². The van der Waals surface area contributed by atoms with E-state index in [-0.39, 0.29) is 0 Å². The van der Waals surface area contributed by atoms with Gasteiger partial charge in [0, 0.05) is 23.7 Å². The van der Waals surface area contributed by atoms with E-state index >= 15 is 0 Å². The van der Waals surface area contributed by atoms with E-state index in [1.54, 1.807) is 0 Å². The summed E-state index contributed by atoms with van der Waals surface area (Å²) in [7, 11) is 0. The third-order valence-electron chi connectivity index (χ3n) is 3.88. The average Bonchev–Trinajstić information content (AvgIpc) is 2.57. The predicted molar refractivity (Wildman–Crippen MR) is 90.6 cm³/mol. The van der Waals surface area contributed by atoms with Gasteiger partial charge in [0.25, 0.3) is 0 Å². The molecule has 1 aliphatic rings. The molecule has 3 rings (SSSR count). The molecule has 110 valence electrons. The van der Waals surface area contributed by atoms with Crippen molar-refractivity contribution < 1.29 is 0 Å². The Bertz CT molecular complexity index is 741. The van der Waals surface area contributed by atoms with Crippen LogP contribution in [0.15, 0.2) is 71.1 Å². The Morgan fingerprint density at radius 1 is 0.864 bits per heavy atom. The molecule has 0 saturated heterocycles. The number of aromatic nitrogens is 2. The fourth-order valence-electron chi connectivity index (χ4n) is 2.58. The highest BCUT2D eigenvalue weighted by Gasteiger charge is 2.13. The highest BCUT2D eigenvalue weighted by atomic mass is 14.8. The fraction of sp³-hybridized carbons (Fsp3) is 0.211. The SMILES string of the molecule is CC1=C(C)/C(c2ccccn2)=C\CCC(c2ccccn2)=N1. The molecule has 0 spiro atoms. The number of aliphatic imine (C=N–C) groups is 1. The molecule has 22 heavy (non-hydrogen) atoms. The minimum absolute atomic E-state index is 0.887. The summed E-state index contributed by atoms with van der Waals surface area (Å²) in [5, 5.41) is 0. The van der Waals surface area contributed by atoms with Crippen LogP contribution in [0.3, 0.4) is 0 Å². The van der Waals surface area contributed by atoms with Gasteiger partial charge >= 0.3 is 0 Å². The van der Waals surface area contributed by atoms with Gasteiger partial charge in [0.2, 0.25) is 0 Å². The number of hydrogen-bond acceptors (Lipinski definition) is 3. The van der Waals surface area contributed by atoms with Gasteiger partial charge in [-0.05, 0) is 56.5 Å². The summed E-state index contributed by atoms with van der Waals surface area (Å²) in [6, 6.07) is 12.0. The van der Waals surface area contributed by atoms with Gasteiger partial charge in [0.1, 0.15) is 0 Å². The molecule has 0 atom stereocenters. The number of nitrogens with zero attached hydrogens (tertiary/aromatic N) is 3. The lowest BCUT2D eigenvalue weighted by atomic mass is 9.97. The molecule has 3 heterocycles. The van der Waals surface area contributed by atoms with Gasteiger partial charge in [0.05, 0.1) is 17.1 Å². The van der Waals surface area contributed by atoms with E-state index in [9.17, 15) is 0 Å². The van der Waals surface area contributed by atoms with Gasteiger partial charge in [-0.25, -0.2) is 0 Å². The van der Waals surface area contributed by atoms with Crippen LogP contribution in [0.1, 0.15) is 38.1 Å². The van der Waals surface area contributed by atoms with Crippen molar-refractivity contribution in [3.63, 3.8) is 0 Å². The third kappa shape index (κ3) is 3.03. The molecule has 3 heteroatoms. The molecule has 0 aromatic carbocycles. The summed E-state index contributed by atoms with van der Waals surface area (Å²) in [4.78, 5) is 13.7. The average molecular weight is 289 g/mol. The van der Waals surface area contributed by atoms with Crippen molar-refractivity contribution in [3.8, 4) is 0 Å². The number of hydrogen-bond donors (Lipinski definition) is 0. The number of rotatable bonds is 2. The van der Waals surface area contributed by atoms with E-state index in [1.165, 1.54) is 11.1 Å². The molecular weight excluding hydrogens is 270 g/mol. The molecule has 0 aliphatic carbocycles. The predicted octanol–water partition coefficient (Wildman–Crippen LogP) is 4.44. The first-order chi connectivity index (χ1) is 10.8. The zero-order valence-corrected chi connectivity index (χ0v) is 13.0. The lowest BCUT2D eigenvalue weighted by Crippen LogP contribution is -2.06. The first-order valence-electron chi connectivity index (χ1n) is 7.54. The molecule has 0 N–H and O–H groups in total. The summed E-state index contributed by atoms with van der Waals surface area (Å²) in [6.07, 6.45) is 7.74. The van der Waals surface area contributed by atoms with Gasteiger partial charge in [-0.1, -0.05) is 18.2 Å². The number of pyridine rings is 2. The van der Waals surface area contributed by atoms with E-state index in [0.717, 1.165) is 35.6 Å². The maximum atomic E-state index is 4.83. The minimum atomic E-state index is 0.887. The monoisotopic (exact) mass is 289 g/mol. The Kier molecular flexibility index (Phi) is 4.24. The molecule has 0 radical (unpaired) electrons. The second-order valence-corrected chi connectivity index (χ2v) is 5.36. The quantitative estimate of drug-likeness (QED) is 0.820. The van der Waals surface area contributed by atoms with Crippen molar-refractivity contribution in [3.05, 3.63) is 77.5 Å². The van der Waals surface area contributed by atoms with Crippen molar-refractivity contribution in [2.75, 3.05) is 0 Å². The van der Waals surface area contributed by atoms with Gasteiger partial charge in [-0.15, -0.1) is 0 Å². The highest BCUT2D eigenvalue weighted by molar-refractivity contribution is 6.00. The van der Waals surface area contributed by atoms with Crippen molar-refractivity contribution in [2.45, 2.75) is 26.7 Å². The van der Waals surface area contributed by atoms with E-state index in [2.05, 4.69) is 29.9 Å². The molecular formula is C19H19N3. The topological polar surface area (TPSA) is 38.1 Å². The molecule has 0 amide bonds. The zero-order chi connectivity index (χ0) is 15.4. The summed E-state index contributed by atoms with van der Waals surface area (Å²) >= 11 is 0. The van der Waals surface area contributed by atoms with Crippen molar-refractivity contribution in [1.82, 2.24) is 9.97 Å². The highest BCUT2D eigenvalue weighted by Crippen LogP contribution is 2.27. The molecule has 3 nitrogen and oxygen atoms in total. The van der Waals surface area contributed by atoms with E-state index < -0.39 is 0 Å². The van der Waals surface area contributed by atoms with Crippen LogP contribution in [0.5, 0.6) is 0 Å². The minimum Gasteiger partial charge on any atom is -0.256 e. The fourth-order valence-corrected chi connectivity index (χ4v) is 2.58. The first-order valence-corrected chi connectivity index (χ1v) is 7.54. The second kappa shape index (κ2) is 6.48. The Balaban J connectivity index is 2.01. The van der Waals surface area contributed by atoms with Crippen LogP contribution in [0, 0.1) is 0 Å². The van der Waals surface area contributed by atoms with Gasteiger partial charge in [-0.3, -0.25) is 15.0 Å². The van der Waals surface area contributed by atoms with E-state index in [4.69, 9.17) is 4.99 Å². The smallest absolute Gasteiger partial charge is 0.0844 e. The summed E-state index contributed by atoms with van der Waals surface area (Å²) in [6.45, 7) is 4.17. The van der Waals surface area contributed by atoms with E-state index in [0.29, 0.717) is 0 Å². The van der Waals surface area contributed by atoms with Crippen molar-refractivity contribution in [2.24, 2.45) is 4.99 Å². The Hall–Kier alpha value is -2.55. The molecule has 1 aliphatic heterocycles. The summed E-state index contributed by atoms with van der Waals surface area (Å²) in [5.74, 6) is 0. The maximum Gasteiger partial charge on any atom is 0.0844 e. The van der Waals surface area contributed by atoms with Crippen LogP contribution in [0.25, 0.3) is 5.57 Å². The Morgan fingerprint density at radius 3 is 2.18 bits per heavy atom. The second-order valence-electron chi connectivity index (χ2n) is 5.36. The van der Waals surface area contributed by atoms with Crippen LogP contribution >= 0.6 is 0 Å². The molecule has 0 saturated carbocycles.